The lowest BCUT2D eigenvalue weighted by Crippen LogP contribution is -2.53. The van der Waals surface area contributed by atoms with Gasteiger partial charge in [-0.1, -0.05) is 30.3 Å². The minimum Gasteiger partial charge on any atom is -0.450 e. The molecule has 1 aromatic heterocycles. The van der Waals surface area contributed by atoms with Gasteiger partial charge in [0.25, 0.3) is 0 Å². The van der Waals surface area contributed by atoms with E-state index in [2.05, 4.69) is 32.5 Å². The Morgan fingerprint density at radius 3 is 2.45 bits per heavy atom. The summed E-state index contributed by atoms with van der Waals surface area (Å²) < 4.78 is 7.07. The SMILES string of the molecule is CCOC(=O)N1CCN(C(=NCc2ccccc2)NCc2nnc(C)n2C)CC1. The molecule has 0 unspecified atom stereocenters. The molecule has 0 saturated carbocycles. The Morgan fingerprint density at radius 2 is 1.83 bits per heavy atom. The van der Waals surface area contributed by atoms with Crippen molar-refractivity contribution >= 4 is 12.1 Å². The van der Waals surface area contributed by atoms with Gasteiger partial charge >= 0.3 is 6.09 Å². The number of guanidine groups is 1. The molecule has 1 aromatic carbocycles. The summed E-state index contributed by atoms with van der Waals surface area (Å²) in [7, 11) is 1.95. The van der Waals surface area contributed by atoms with Crippen molar-refractivity contribution in [1.82, 2.24) is 29.9 Å². The first-order chi connectivity index (χ1) is 14.1. The van der Waals surface area contributed by atoms with Gasteiger partial charge in [0.15, 0.2) is 11.8 Å². The molecule has 0 bridgehead atoms. The number of nitrogens with one attached hydrogen (secondary N) is 1. The zero-order valence-electron chi connectivity index (χ0n) is 17.3. The summed E-state index contributed by atoms with van der Waals surface area (Å²) in [6.45, 7) is 7.84. The van der Waals surface area contributed by atoms with Crippen LogP contribution in [0.3, 0.4) is 0 Å². The number of ether oxygens (including phenoxy) is 1. The molecule has 0 atom stereocenters. The Kier molecular flexibility index (Phi) is 7.04. The van der Waals surface area contributed by atoms with Crippen LogP contribution in [0.15, 0.2) is 35.3 Å². The van der Waals surface area contributed by atoms with E-state index in [1.54, 1.807) is 4.90 Å². The van der Waals surface area contributed by atoms with E-state index in [1.165, 1.54) is 0 Å². The standard InChI is InChI=1S/C20H29N7O2/c1-4-29-20(28)27-12-10-26(11-13-27)19(21-14-17-8-6-5-7-9-17)22-15-18-24-23-16(2)25(18)3/h5-9H,4,10-15H2,1-3H3,(H,21,22). The second-order valence-corrected chi connectivity index (χ2v) is 6.87. The third-order valence-corrected chi connectivity index (χ3v) is 4.95. The Balaban J connectivity index is 1.67. The van der Waals surface area contributed by atoms with E-state index >= 15 is 0 Å². The van der Waals surface area contributed by atoms with Crippen molar-refractivity contribution in [2.45, 2.75) is 26.9 Å². The number of rotatable bonds is 5. The maximum atomic E-state index is 12.0. The van der Waals surface area contributed by atoms with Crippen LogP contribution in [0.2, 0.25) is 0 Å². The number of benzene rings is 1. The molecule has 1 N–H and O–H groups in total. The molecule has 156 valence electrons. The van der Waals surface area contributed by atoms with Gasteiger partial charge in [-0.2, -0.15) is 0 Å². The van der Waals surface area contributed by atoms with Crippen LogP contribution in [0.25, 0.3) is 0 Å². The van der Waals surface area contributed by atoms with Gasteiger partial charge in [0.05, 0.1) is 19.7 Å². The van der Waals surface area contributed by atoms with E-state index in [-0.39, 0.29) is 6.09 Å². The zero-order valence-corrected chi connectivity index (χ0v) is 17.3. The number of piperazine rings is 1. The van der Waals surface area contributed by atoms with Crippen LogP contribution in [-0.2, 0) is 24.9 Å². The number of nitrogens with zero attached hydrogens (tertiary/aromatic N) is 6. The molecule has 3 rings (SSSR count). The van der Waals surface area contributed by atoms with Crippen molar-refractivity contribution in [2.24, 2.45) is 12.0 Å². The number of hydrogen-bond acceptors (Lipinski definition) is 5. The highest BCUT2D eigenvalue weighted by atomic mass is 16.6. The summed E-state index contributed by atoms with van der Waals surface area (Å²) in [5.74, 6) is 2.52. The third-order valence-electron chi connectivity index (χ3n) is 4.95. The molecule has 0 radical (unpaired) electrons. The average Bonchev–Trinajstić information content (AvgIpc) is 3.07. The molecule has 29 heavy (non-hydrogen) atoms. The second kappa shape index (κ2) is 9.90. The lowest BCUT2D eigenvalue weighted by Gasteiger charge is -2.36. The fourth-order valence-corrected chi connectivity index (χ4v) is 3.10. The first-order valence-electron chi connectivity index (χ1n) is 9.92. The van der Waals surface area contributed by atoms with Gasteiger partial charge in [0.2, 0.25) is 0 Å². The number of aliphatic imine (C=N–C) groups is 1. The van der Waals surface area contributed by atoms with Crippen LogP contribution in [-0.4, -0.2) is 69.4 Å². The van der Waals surface area contributed by atoms with Crippen molar-refractivity contribution < 1.29 is 9.53 Å². The molecular formula is C20H29N7O2. The Hall–Kier alpha value is -3.10. The summed E-state index contributed by atoms with van der Waals surface area (Å²) in [5, 5.41) is 11.7. The minimum atomic E-state index is -0.252. The highest BCUT2D eigenvalue weighted by Crippen LogP contribution is 2.07. The molecule has 2 heterocycles. The predicted molar refractivity (Wildman–Crippen MR) is 110 cm³/mol. The van der Waals surface area contributed by atoms with Crippen molar-refractivity contribution in [3.05, 3.63) is 47.5 Å². The van der Waals surface area contributed by atoms with Crippen molar-refractivity contribution in [3.63, 3.8) is 0 Å². The number of amides is 1. The summed E-state index contributed by atoms with van der Waals surface area (Å²) in [6.07, 6.45) is -0.252. The van der Waals surface area contributed by atoms with Gasteiger partial charge in [-0.05, 0) is 19.4 Å². The molecule has 0 spiro atoms. The van der Waals surface area contributed by atoms with E-state index in [0.717, 1.165) is 23.2 Å². The third kappa shape index (κ3) is 5.46. The lowest BCUT2D eigenvalue weighted by molar-refractivity contribution is 0.0914. The maximum absolute atomic E-state index is 12.0. The molecule has 1 fully saturated rings. The molecular weight excluding hydrogens is 370 g/mol. The number of carbonyl (C=O) groups is 1. The fourth-order valence-electron chi connectivity index (χ4n) is 3.10. The maximum Gasteiger partial charge on any atom is 0.409 e. The Morgan fingerprint density at radius 1 is 1.14 bits per heavy atom. The molecule has 1 saturated heterocycles. The molecule has 2 aromatic rings. The highest BCUT2D eigenvalue weighted by Gasteiger charge is 2.24. The summed E-state index contributed by atoms with van der Waals surface area (Å²) >= 11 is 0. The van der Waals surface area contributed by atoms with Gasteiger partial charge in [-0.3, -0.25) is 0 Å². The van der Waals surface area contributed by atoms with Crippen LogP contribution in [0, 0.1) is 6.92 Å². The molecule has 1 aliphatic rings. The molecule has 1 aliphatic heterocycles. The smallest absolute Gasteiger partial charge is 0.409 e. The van der Waals surface area contributed by atoms with Gasteiger partial charge in [0.1, 0.15) is 5.82 Å². The van der Waals surface area contributed by atoms with Gasteiger partial charge in [-0.25, -0.2) is 9.79 Å². The van der Waals surface area contributed by atoms with E-state index < -0.39 is 0 Å². The normalized spacial score (nSPS) is 14.8. The van der Waals surface area contributed by atoms with E-state index in [4.69, 9.17) is 9.73 Å². The second-order valence-electron chi connectivity index (χ2n) is 6.87. The molecule has 0 aliphatic carbocycles. The first-order valence-corrected chi connectivity index (χ1v) is 9.92. The fraction of sp³-hybridized carbons (Fsp3) is 0.500. The predicted octanol–water partition coefficient (Wildman–Crippen LogP) is 1.54. The van der Waals surface area contributed by atoms with Crippen molar-refractivity contribution in [3.8, 4) is 0 Å². The quantitative estimate of drug-likeness (QED) is 0.606. The summed E-state index contributed by atoms with van der Waals surface area (Å²) in [5.41, 5.74) is 1.14. The Labute approximate surface area is 171 Å². The largest absolute Gasteiger partial charge is 0.450 e. The van der Waals surface area contributed by atoms with Gasteiger partial charge in [0, 0.05) is 33.2 Å². The van der Waals surface area contributed by atoms with E-state index in [9.17, 15) is 4.79 Å². The number of aromatic nitrogens is 3. The molecule has 1 amide bonds. The number of carbonyl (C=O) groups excluding carboxylic acids is 1. The zero-order chi connectivity index (χ0) is 20.6. The van der Waals surface area contributed by atoms with Crippen LogP contribution in [0.4, 0.5) is 4.79 Å². The van der Waals surface area contributed by atoms with Crippen LogP contribution < -0.4 is 5.32 Å². The average molecular weight is 399 g/mol. The molecule has 9 nitrogen and oxygen atoms in total. The summed E-state index contributed by atoms with van der Waals surface area (Å²) in [6, 6.07) is 10.1. The number of aryl methyl sites for hydroxylation is 1. The lowest BCUT2D eigenvalue weighted by atomic mass is 10.2. The summed E-state index contributed by atoms with van der Waals surface area (Å²) in [4.78, 5) is 20.7. The van der Waals surface area contributed by atoms with Crippen LogP contribution in [0.5, 0.6) is 0 Å². The first kappa shape index (κ1) is 20.6. The molecule has 9 heteroatoms. The van der Waals surface area contributed by atoms with Gasteiger partial charge < -0.3 is 24.4 Å². The minimum absolute atomic E-state index is 0.252. The van der Waals surface area contributed by atoms with Crippen LogP contribution in [0.1, 0.15) is 24.1 Å². The van der Waals surface area contributed by atoms with Crippen molar-refractivity contribution in [1.29, 1.82) is 0 Å². The monoisotopic (exact) mass is 399 g/mol. The van der Waals surface area contributed by atoms with Crippen LogP contribution >= 0.6 is 0 Å². The van der Waals surface area contributed by atoms with Crippen molar-refractivity contribution in [2.75, 3.05) is 32.8 Å². The topological polar surface area (TPSA) is 87.9 Å². The Bertz CT molecular complexity index is 827. The van der Waals surface area contributed by atoms with E-state index in [0.29, 0.717) is 45.9 Å². The van der Waals surface area contributed by atoms with E-state index in [1.807, 2.05) is 43.7 Å². The van der Waals surface area contributed by atoms with Gasteiger partial charge in [-0.15, -0.1) is 10.2 Å². The number of hydrogen-bond donors (Lipinski definition) is 1. The highest BCUT2D eigenvalue weighted by molar-refractivity contribution is 5.80.